The highest BCUT2D eigenvalue weighted by atomic mass is 16.7. The molecule has 2 N–H and O–H groups in total. The SMILES string of the molecule is Cc1ccc(OCOCc2ccccc2)c(B(O)O)c1. The molecule has 20 heavy (non-hydrogen) atoms. The van der Waals surface area contributed by atoms with Crippen molar-refractivity contribution in [3.63, 3.8) is 0 Å². The van der Waals surface area contributed by atoms with E-state index in [9.17, 15) is 10.0 Å². The lowest BCUT2D eigenvalue weighted by Gasteiger charge is -2.12. The van der Waals surface area contributed by atoms with Gasteiger partial charge in [-0.3, -0.25) is 0 Å². The van der Waals surface area contributed by atoms with Crippen molar-refractivity contribution in [2.24, 2.45) is 0 Å². The second-order valence-electron chi connectivity index (χ2n) is 4.51. The maximum Gasteiger partial charge on any atom is 0.492 e. The predicted octanol–water partition coefficient (Wildman–Crippen LogP) is 1.23. The summed E-state index contributed by atoms with van der Waals surface area (Å²) >= 11 is 0. The Morgan fingerprint density at radius 3 is 2.50 bits per heavy atom. The van der Waals surface area contributed by atoms with Gasteiger partial charge < -0.3 is 19.5 Å². The van der Waals surface area contributed by atoms with Gasteiger partial charge in [0.2, 0.25) is 0 Å². The summed E-state index contributed by atoms with van der Waals surface area (Å²) in [6, 6.07) is 15.0. The molecule has 0 heterocycles. The molecule has 0 aliphatic rings. The van der Waals surface area contributed by atoms with E-state index in [4.69, 9.17) is 9.47 Å². The zero-order chi connectivity index (χ0) is 14.4. The first-order chi connectivity index (χ1) is 9.66. The summed E-state index contributed by atoms with van der Waals surface area (Å²) in [6.45, 7) is 2.38. The summed E-state index contributed by atoms with van der Waals surface area (Å²) in [5.74, 6) is 0.415. The van der Waals surface area contributed by atoms with E-state index in [0.29, 0.717) is 17.8 Å². The van der Waals surface area contributed by atoms with Crippen molar-refractivity contribution < 1.29 is 19.5 Å². The summed E-state index contributed by atoms with van der Waals surface area (Å²) in [5, 5.41) is 18.6. The summed E-state index contributed by atoms with van der Waals surface area (Å²) in [7, 11) is -1.56. The van der Waals surface area contributed by atoms with Crippen LogP contribution in [0.2, 0.25) is 0 Å². The first kappa shape index (κ1) is 14.6. The lowest BCUT2D eigenvalue weighted by atomic mass is 9.79. The molecule has 2 rings (SSSR count). The van der Waals surface area contributed by atoms with Crippen LogP contribution in [0.15, 0.2) is 48.5 Å². The van der Waals surface area contributed by atoms with E-state index in [1.807, 2.05) is 43.3 Å². The monoisotopic (exact) mass is 272 g/mol. The summed E-state index contributed by atoms with van der Waals surface area (Å²) in [4.78, 5) is 0. The second kappa shape index (κ2) is 7.10. The third-order valence-corrected chi connectivity index (χ3v) is 2.85. The van der Waals surface area contributed by atoms with Crippen LogP contribution in [0.5, 0.6) is 5.75 Å². The van der Waals surface area contributed by atoms with Crippen LogP contribution in [-0.2, 0) is 11.3 Å². The Kier molecular flexibility index (Phi) is 5.18. The summed E-state index contributed by atoms with van der Waals surface area (Å²) < 4.78 is 10.8. The van der Waals surface area contributed by atoms with Gasteiger partial charge in [0.25, 0.3) is 0 Å². The molecule has 2 aromatic carbocycles. The third kappa shape index (κ3) is 4.10. The van der Waals surface area contributed by atoms with Gasteiger partial charge in [0, 0.05) is 5.46 Å². The first-order valence-corrected chi connectivity index (χ1v) is 6.38. The van der Waals surface area contributed by atoms with Gasteiger partial charge in [-0.2, -0.15) is 0 Å². The lowest BCUT2D eigenvalue weighted by Crippen LogP contribution is -2.32. The van der Waals surface area contributed by atoms with E-state index in [-0.39, 0.29) is 6.79 Å². The van der Waals surface area contributed by atoms with Gasteiger partial charge in [-0.05, 0) is 18.6 Å². The number of rotatable bonds is 6. The Morgan fingerprint density at radius 2 is 1.80 bits per heavy atom. The molecule has 4 nitrogen and oxygen atoms in total. The standard InChI is InChI=1S/C15H17BO4/c1-12-7-8-15(14(9-12)16(17)18)20-11-19-10-13-5-3-2-4-6-13/h2-9,17-18H,10-11H2,1H3. The van der Waals surface area contributed by atoms with Gasteiger partial charge in [-0.1, -0.05) is 48.0 Å². The first-order valence-electron chi connectivity index (χ1n) is 6.38. The molecule has 0 atom stereocenters. The van der Waals surface area contributed by atoms with Crippen molar-refractivity contribution in [3.8, 4) is 5.75 Å². The van der Waals surface area contributed by atoms with Crippen molar-refractivity contribution in [1.29, 1.82) is 0 Å². The average Bonchev–Trinajstić information content (AvgIpc) is 2.45. The molecule has 0 unspecified atom stereocenters. The molecule has 0 saturated carbocycles. The molecule has 104 valence electrons. The van der Waals surface area contributed by atoms with Crippen LogP contribution in [0.3, 0.4) is 0 Å². The van der Waals surface area contributed by atoms with Gasteiger partial charge in [0.05, 0.1) is 6.61 Å². The quantitative estimate of drug-likeness (QED) is 0.471. The number of benzene rings is 2. The molecule has 2 aromatic rings. The van der Waals surface area contributed by atoms with Crippen LogP contribution in [0.1, 0.15) is 11.1 Å². The molecule has 0 saturated heterocycles. The van der Waals surface area contributed by atoms with Crippen molar-refractivity contribution in [3.05, 3.63) is 59.7 Å². The molecule has 0 radical (unpaired) electrons. The third-order valence-electron chi connectivity index (χ3n) is 2.85. The maximum atomic E-state index is 9.30. The molecule has 0 fully saturated rings. The van der Waals surface area contributed by atoms with E-state index in [2.05, 4.69) is 0 Å². The zero-order valence-corrected chi connectivity index (χ0v) is 11.3. The van der Waals surface area contributed by atoms with E-state index in [0.717, 1.165) is 11.1 Å². The summed E-state index contributed by atoms with van der Waals surface area (Å²) in [5.41, 5.74) is 2.33. The van der Waals surface area contributed by atoms with E-state index >= 15 is 0 Å². The Labute approximate surface area is 118 Å². The highest BCUT2D eigenvalue weighted by Gasteiger charge is 2.17. The number of ether oxygens (including phenoxy) is 2. The van der Waals surface area contributed by atoms with Gasteiger partial charge in [0.1, 0.15) is 5.75 Å². The number of aryl methyl sites for hydroxylation is 1. The van der Waals surface area contributed by atoms with Gasteiger partial charge in [-0.25, -0.2) is 0 Å². The minimum Gasteiger partial charge on any atom is -0.468 e. The predicted molar refractivity (Wildman–Crippen MR) is 77.7 cm³/mol. The van der Waals surface area contributed by atoms with Gasteiger partial charge >= 0.3 is 7.12 Å². The maximum absolute atomic E-state index is 9.30. The Morgan fingerprint density at radius 1 is 1.05 bits per heavy atom. The molecular formula is C15H17BO4. The van der Waals surface area contributed by atoms with Crippen molar-refractivity contribution >= 4 is 12.6 Å². The van der Waals surface area contributed by atoms with Gasteiger partial charge in [-0.15, -0.1) is 0 Å². The molecule has 0 spiro atoms. The Bertz CT molecular complexity index is 543. The van der Waals surface area contributed by atoms with Crippen LogP contribution in [0.4, 0.5) is 0 Å². The minimum absolute atomic E-state index is 0.0532. The highest BCUT2D eigenvalue weighted by Crippen LogP contribution is 2.10. The van der Waals surface area contributed by atoms with Crippen LogP contribution >= 0.6 is 0 Å². The average molecular weight is 272 g/mol. The fourth-order valence-electron chi connectivity index (χ4n) is 1.84. The molecule has 0 amide bonds. The van der Waals surface area contributed by atoms with Crippen molar-refractivity contribution in [1.82, 2.24) is 0 Å². The van der Waals surface area contributed by atoms with E-state index in [1.54, 1.807) is 12.1 Å². The lowest BCUT2D eigenvalue weighted by molar-refractivity contribution is 0.00550. The second-order valence-corrected chi connectivity index (χ2v) is 4.51. The Hall–Kier alpha value is -1.82. The van der Waals surface area contributed by atoms with Gasteiger partial charge in [0.15, 0.2) is 6.79 Å². The topological polar surface area (TPSA) is 58.9 Å². The van der Waals surface area contributed by atoms with Crippen LogP contribution in [0.25, 0.3) is 0 Å². The van der Waals surface area contributed by atoms with Crippen LogP contribution < -0.4 is 10.2 Å². The zero-order valence-electron chi connectivity index (χ0n) is 11.3. The van der Waals surface area contributed by atoms with E-state index < -0.39 is 7.12 Å². The summed E-state index contributed by atoms with van der Waals surface area (Å²) in [6.07, 6.45) is 0. The molecule has 5 heteroatoms. The normalized spacial score (nSPS) is 10.3. The van der Waals surface area contributed by atoms with Crippen LogP contribution in [0, 0.1) is 6.92 Å². The molecule has 0 aromatic heterocycles. The smallest absolute Gasteiger partial charge is 0.468 e. The number of hydrogen-bond donors (Lipinski definition) is 2. The molecule has 0 aliphatic heterocycles. The Balaban J connectivity index is 1.88. The fraction of sp³-hybridized carbons (Fsp3) is 0.200. The van der Waals surface area contributed by atoms with Crippen molar-refractivity contribution in [2.75, 3.05) is 6.79 Å². The largest absolute Gasteiger partial charge is 0.492 e. The number of hydrogen-bond acceptors (Lipinski definition) is 4. The molecule has 0 bridgehead atoms. The van der Waals surface area contributed by atoms with E-state index in [1.165, 1.54) is 0 Å². The minimum atomic E-state index is -1.56. The fourth-order valence-corrected chi connectivity index (χ4v) is 1.84. The highest BCUT2D eigenvalue weighted by molar-refractivity contribution is 6.59. The molecular weight excluding hydrogens is 255 g/mol. The van der Waals surface area contributed by atoms with Crippen molar-refractivity contribution in [2.45, 2.75) is 13.5 Å². The van der Waals surface area contributed by atoms with Crippen LogP contribution in [-0.4, -0.2) is 24.0 Å². The molecule has 0 aliphatic carbocycles.